The molecule has 0 atom stereocenters. The highest BCUT2D eigenvalue weighted by atomic mass is 35.5. The van der Waals surface area contributed by atoms with Crippen molar-refractivity contribution in [3.63, 3.8) is 0 Å². The predicted octanol–water partition coefficient (Wildman–Crippen LogP) is 5.14. The van der Waals surface area contributed by atoms with E-state index < -0.39 is 5.82 Å². The zero-order valence-electron chi connectivity index (χ0n) is 11.3. The normalized spacial score (nSPS) is 9.53. The van der Waals surface area contributed by atoms with Gasteiger partial charge >= 0.3 is 0 Å². The van der Waals surface area contributed by atoms with Gasteiger partial charge in [0.05, 0.1) is 5.02 Å². The van der Waals surface area contributed by atoms with E-state index in [1.54, 1.807) is 12.1 Å². The summed E-state index contributed by atoms with van der Waals surface area (Å²) >= 11 is 5.70. The minimum Gasteiger partial charge on any atom is -0.399 e. The zero-order valence-corrected chi connectivity index (χ0v) is 12.1. The highest BCUT2D eigenvalue weighted by Crippen LogP contribution is 2.24. The van der Waals surface area contributed by atoms with E-state index in [1.807, 2.05) is 39.0 Å². The molecular formula is C15H18ClFN2. The van der Waals surface area contributed by atoms with E-state index in [9.17, 15) is 4.39 Å². The first kappa shape index (κ1) is 15.3. The smallest absolute Gasteiger partial charge is 0.141 e. The Kier molecular flexibility index (Phi) is 5.64. The molecule has 102 valence electrons. The zero-order chi connectivity index (χ0) is 14.4. The van der Waals surface area contributed by atoms with Crippen LogP contribution in [-0.2, 0) is 0 Å². The molecule has 2 rings (SSSR count). The standard InChI is InChI=1S/C13H12ClFN2.C2H6/c1-8-6-9(3-5-13(8)16)17-10-2-4-12(15)11(14)7-10;1-2/h2-7,17H,16H2,1H3;1-2H3. The first-order valence-electron chi connectivity index (χ1n) is 6.14. The Bertz CT molecular complexity index is 506. The third-order valence-corrected chi connectivity index (χ3v) is 2.77. The van der Waals surface area contributed by atoms with Crippen LogP contribution in [0.4, 0.5) is 21.5 Å². The van der Waals surface area contributed by atoms with Gasteiger partial charge in [-0.15, -0.1) is 0 Å². The van der Waals surface area contributed by atoms with E-state index in [4.69, 9.17) is 17.3 Å². The summed E-state index contributed by atoms with van der Waals surface area (Å²) in [6.45, 7) is 5.93. The molecule has 2 aromatic rings. The monoisotopic (exact) mass is 280 g/mol. The van der Waals surface area contributed by atoms with Gasteiger partial charge in [-0.25, -0.2) is 4.39 Å². The van der Waals surface area contributed by atoms with E-state index in [0.29, 0.717) is 0 Å². The lowest BCUT2D eigenvalue weighted by molar-refractivity contribution is 0.628. The summed E-state index contributed by atoms with van der Waals surface area (Å²) < 4.78 is 13.0. The molecule has 0 spiro atoms. The number of rotatable bonds is 2. The van der Waals surface area contributed by atoms with E-state index >= 15 is 0 Å². The largest absolute Gasteiger partial charge is 0.399 e. The maximum Gasteiger partial charge on any atom is 0.141 e. The molecule has 0 fully saturated rings. The number of halogens is 2. The molecule has 0 aliphatic carbocycles. The number of nitrogen functional groups attached to an aromatic ring is 1. The Morgan fingerprint density at radius 1 is 1.05 bits per heavy atom. The molecule has 0 aliphatic rings. The number of aryl methyl sites for hydroxylation is 1. The Morgan fingerprint density at radius 3 is 2.21 bits per heavy atom. The summed E-state index contributed by atoms with van der Waals surface area (Å²) in [5.41, 5.74) is 9.08. The maximum atomic E-state index is 13.0. The maximum absolute atomic E-state index is 13.0. The molecular weight excluding hydrogens is 263 g/mol. The molecule has 0 aromatic heterocycles. The van der Waals surface area contributed by atoms with Crippen molar-refractivity contribution in [2.45, 2.75) is 20.8 Å². The van der Waals surface area contributed by atoms with E-state index in [0.717, 1.165) is 22.6 Å². The van der Waals surface area contributed by atoms with Gasteiger partial charge in [-0.1, -0.05) is 25.4 Å². The summed E-state index contributed by atoms with van der Waals surface area (Å²) in [6.07, 6.45) is 0. The second-order valence-electron chi connectivity index (χ2n) is 3.83. The van der Waals surface area contributed by atoms with E-state index in [2.05, 4.69) is 5.32 Å². The van der Waals surface area contributed by atoms with Crippen LogP contribution in [0.25, 0.3) is 0 Å². The molecule has 0 unspecified atom stereocenters. The Morgan fingerprint density at radius 2 is 1.63 bits per heavy atom. The Labute approximate surface area is 118 Å². The first-order chi connectivity index (χ1) is 9.06. The Hall–Kier alpha value is -1.74. The molecule has 0 amide bonds. The predicted molar refractivity (Wildman–Crippen MR) is 81.6 cm³/mol. The van der Waals surface area contributed by atoms with Crippen molar-refractivity contribution >= 4 is 28.7 Å². The topological polar surface area (TPSA) is 38.0 Å². The molecule has 0 saturated carbocycles. The van der Waals surface area contributed by atoms with Crippen LogP contribution >= 0.6 is 11.6 Å². The fourth-order valence-corrected chi connectivity index (χ4v) is 1.67. The van der Waals surface area contributed by atoms with Crippen LogP contribution < -0.4 is 11.1 Å². The molecule has 3 N–H and O–H groups in total. The number of hydrogen-bond acceptors (Lipinski definition) is 2. The lowest BCUT2D eigenvalue weighted by Crippen LogP contribution is -1.94. The molecule has 0 radical (unpaired) electrons. The summed E-state index contributed by atoms with van der Waals surface area (Å²) in [5, 5.41) is 3.23. The second-order valence-corrected chi connectivity index (χ2v) is 4.23. The van der Waals surface area contributed by atoms with Gasteiger partial charge in [0.2, 0.25) is 0 Å². The SMILES string of the molecule is CC.Cc1cc(Nc2ccc(F)c(Cl)c2)ccc1N. The van der Waals surface area contributed by atoms with Crippen LogP contribution in [0.2, 0.25) is 5.02 Å². The van der Waals surface area contributed by atoms with Crippen LogP contribution in [0.1, 0.15) is 19.4 Å². The van der Waals surface area contributed by atoms with Crippen molar-refractivity contribution in [2.24, 2.45) is 0 Å². The number of benzene rings is 2. The van der Waals surface area contributed by atoms with Gasteiger partial charge in [-0.05, 0) is 48.9 Å². The summed E-state index contributed by atoms with van der Waals surface area (Å²) in [6, 6.07) is 10.1. The Balaban J connectivity index is 0.000000861. The van der Waals surface area contributed by atoms with E-state index in [1.165, 1.54) is 6.07 Å². The third kappa shape index (κ3) is 4.14. The number of nitrogens with two attached hydrogens (primary N) is 1. The molecule has 4 heteroatoms. The lowest BCUT2D eigenvalue weighted by atomic mass is 10.2. The molecule has 0 bridgehead atoms. The van der Waals surface area contributed by atoms with Crippen LogP contribution in [0.5, 0.6) is 0 Å². The van der Waals surface area contributed by atoms with Crippen LogP contribution in [0.3, 0.4) is 0 Å². The van der Waals surface area contributed by atoms with Gasteiger partial charge in [0.15, 0.2) is 0 Å². The highest BCUT2D eigenvalue weighted by Gasteiger charge is 2.02. The number of anilines is 3. The summed E-state index contributed by atoms with van der Waals surface area (Å²) in [7, 11) is 0. The fourth-order valence-electron chi connectivity index (χ4n) is 1.49. The van der Waals surface area contributed by atoms with Crippen molar-refractivity contribution in [3.05, 3.63) is 52.8 Å². The van der Waals surface area contributed by atoms with Gasteiger partial charge in [-0.3, -0.25) is 0 Å². The van der Waals surface area contributed by atoms with Crippen LogP contribution in [-0.4, -0.2) is 0 Å². The quantitative estimate of drug-likeness (QED) is 0.748. The number of nitrogens with one attached hydrogen (secondary N) is 1. The van der Waals surface area contributed by atoms with Crippen molar-refractivity contribution in [1.29, 1.82) is 0 Å². The first-order valence-corrected chi connectivity index (χ1v) is 6.52. The highest BCUT2D eigenvalue weighted by molar-refractivity contribution is 6.31. The van der Waals surface area contributed by atoms with Crippen molar-refractivity contribution in [2.75, 3.05) is 11.1 Å². The molecule has 19 heavy (non-hydrogen) atoms. The van der Waals surface area contributed by atoms with Gasteiger partial charge in [-0.2, -0.15) is 0 Å². The van der Waals surface area contributed by atoms with Gasteiger partial charge in [0.1, 0.15) is 5.82 Å². The van der Waals surface area contributed by atoms with Gasteiger partial charge in [0, 0.05) is 17.1 Å². The van der Waals surface area contributed by atoms with Crippen molar-refractivity contribution < 1.29 is 4.39 Å². The van der Waals surface area contributed by atoms with E-state index in [-0.39, 0.29) is 5.02 Å². The minimum atomic E-state index is -0.425. The summed E-state index contributed by atoms with van der Waals surface area (Å²) in [4.78, 5) is 0. The van der Waals surface area contributed by atoms with Crippen molar-refractivity contribution in [1.82, 2.24) is 0 Å². The van der Waals surface area contributed by atoms with Gasteiger partial charge < -0.3 is 11.1 Å². The molecule has 0 heterocycles. The third-order valence-electron chi connectivity index (χ3n) is 2.48. The second kappa shape index (κ2) is 7.00. The van der Waals surface area contributed by atoms with Crippen LogP contribution in [0.15, 0.2) is 36.4 Å². The van der Waals surface area contributed by atoms with Crippen LogP contribution in [0, 0.1) is 12.7 Å². The summed E-state index contributed by atoms with van der Waals surface area (Å²) in [5.74, 6) is -0.425. The fraction of sp³-hybridized carbons (Fsp3) is 0.200. The molecule has 0 saturated heterocycles. The molecule has 2 aromatic carbocycles. The van der Waals surface area contributed by atoms with Gasteiger partial charge in [0.25, 0.3) is 0 Å². The molecule has 0 aliphatic heterocycles. The minimum absolute atomic E-state index is 0.0992. The molecule has 2 nitrogen and oxygen atoms in total. The number of hydrogen-bond donors (Lipinski definition) is 2. The lowest BCUT2D eigenvalue weighted by Gasteiger charge is -2.09. The van der Waals surface area contributed by atoms with Crippen molar-refractivity contribution in [3.8, 4) is 0 Å². The average Bonchev–Trinajstić information content (AvgIpc) is 2.41. The average molecular weight is 281 g/mol.